The van der Waals surface area contributed by atoms with Crippen LogP contribution in [0.3, 0.4) is 0 Å². The highest BCUT2D eigenvalue weighted by Crippen LogP contribution is 2.40. The third-order valence-electron chi connectivity index (χ3n) is 4.44. The van der Waals surface area contributed by atoms with Crippen LogP contribution in [-0.2, 0) is 0 Å². The molecule has 4 nitrogen and oxygen atoms in total. The smallest absolute Gasteiger partial charge is 0.320 e. The second-order valence-corrected chi connectivity index (χ2v) is 5.47. The Hall–Kier alpha value is -0.770. The van der Waals surface area contributed by atoms with Gasteiger partial charge in [-0.3, -0.25) is 0 Å². The summed E-state index contributed by atoms with van der Waals surface area (Å²) in [7, 11) is 3.88. The van der Waals surface area contributed by atoms with Crippen LogP contribution >= 0.6 is 0 Å². The molecule has 3 aliphatic rings. The Balaban J connectivity index is 1.88. The van der Waals surface area contributed by atoms with Crippen molar-refractivity contribution in [1.29, 1.82) is 0 Å². The fourth-order valence-electron chi connectivity index (χ4n) is 3.70. The van der Waals surface area contributed by atoms with Gasteiger partial charge in [0.15, 0.2) is 0 Å². The fraction of sp³-hybridized carbons (Fsp3) is 0.909. The topological polar surface area (TPSA) is 35.6 Å². The van der Waals surface area contributed by atoms with E-state index in [1.165, 1.54) is 12.8 Å². The zero-order valence-electron chi connectivity index (χ0n) is 9.49. The molecule has 1 N–H and O–H groups in total. The number of likely N-dealkylation sites (N-methyl/N-ethyl adjacent to an activating group) is 2. The van der Waals surface area contributed by atoms with Gasteiger partial charge in [0.2, 0.25) is 0 Å². The van der Waals surface area contributed by atoms with Crippen LogP contribution in [0.15, 0.2) is 0 Å². The first kappa shape index (κ1) is 9.46. The molecule has 3 heterocycles. The van der Waals surface area contributed by atoms with Crippen LogP contribution in [0.25, 0.3) is 0 Å². The second kappa shape index (κ2) is 2.88. The van der Waals surface area contributed by atoms with Crippen LogP contribution in [0.4, 0.5) is 4.79 Å². The summed E-state index contributed by atoms with van der Waals surface area (Å²) in [5.41, 5.74) is 0.128. The van der Waals surface area contributed by atoms with Crippen LogP contribution in [0.5, 0.6) is 0 Å². The fourth-order valence-corrected chi connectivity index (χ4v) is 3.70. The van der Waals surface area contributed by atoms with Gasteiger partial charge in [-0.1, -0.05) is 0 Å². The molecule has 0 aromatic rings. The number of carbonyl (C=O) groups excluding carboxylic acids is 1. The molecule has 3 aliphatic heterocycles. The lowest BCUT2D eigenvalue weighted by Crippen LogP contribution is -2.56. The molecular formula is C11H19N3O. The predicted octanol–water partition coefficient (Wildman–Crippen LogP) is 0.637. The number of urea groups is 1. The van der Waals surface area contributed by atoms with Crippen molar-refractivity contribution in [1.82, 2.24) is 15.1 Å². The van der Waals surface area contributed by atoms with Gasteiger partial charge in [-0.2, -0.15) is 0 Å². The van der Waals surface area contributed by atoms with E-state index in [9.17, 15) is 4.79 Å². The van der Waals surface area contributed by atoms with Crippen molar-refractivity contribution in [3.8, 4) is 0 Å². The van der Waals surface area contributed by atoms with E-state index in [2.05, 4.69) is 5.32 Å². The molecule has 84 valence electrons. The van der Waals surface area contributed by atoms with E-state index in [0.29, 0.717) is 12.1 Å². The van der Waals surface area contributed by atoms with Crippen molar-refractivity contribution in [3.05, 3.63) is 0 Å². The number of piperidine rings is 1. The lowest BCUT2D eigenvalue weighted by Gasteiger charge is -2.41. The minimum Gasteiger partial charge on any atom is -0.325 e. The lowest BCUT2D eigenvalue weighted by atomic mass is 9.83. The van der Waals surface area contributed by atoms with Gasteiger partial charge < -0.3 is 15.1 Å². The van der Waals surface area contributed by atoms with Gasteiger partial charge in [0.05, 0.1) is 5.54 Å². The second-order valence-electron chi connectivity index (χ2n) is 5.47. The summed E-state index contributed by atoms with van der Waals surface area (Å²) < 4.78 is 0. The largest absolute Gasteiger partial charge is 0.325 e. The van der Waals surface area contributed by atoms with E-state index in [1.807, 2.05) is 23.9 Å². The average molecular weight is 209 g/mol. The molecule has 0 aromatic carbocycles. The molecule has 3 fully saturated rings. The maximum Gasteiger partial charge on any atom is 0.320 e. The van der Waals surface area contributed by atoms with Crippen molar-refractivity contribution in [2.45, 2.75) is 43.3 Å². The first-order chi connectivity index (χ1) is 7.11. The Morgan fingerprint density at radius 3 is 2.33 bits per heavy atom. The molecule has 2 atom stereocenters. The van der Waals surface area contributed by atoms with Crippen LogP contribution in [0.1, 0.15) is 25.7 Å². The first-order valence-corrected chi connectivity index (χ1v) is 5.86. The first-order valence-electron chi connectivity index (χ1n) is 5.86. The minimum atomic E-state index is 0.128. The summed E-state index contributed by atoms with van der Waals surface area (Å²) in [5, 5.41) is 3.64. The summed E-state index contributed by atoms with van der Waals surface area (Å²) in [4.78, 5) is 15.7. The Morgan fingerprint density at radius 2 is 1.87 bits per heavy atom. The number of amides is 2. The van der Waals surface area contributed by atoms with Gasteiger partial charge in [-0.25, -0.2) is 4.79 Å². The molecule has 0 saturated carbocycles. The lowest BCUT2D eigenvalue weighted by molar-refractivity contribution is 0.125. The number of rotatable bonds is 0. The predicted molar refractivity (Wildman–Crippen MR) is 57.7 cm³/mol. The number of hydrogen-bond acceptors (Lipinski definition) is 2. The van der Waals surface area contributed by atoms with E-state index in [0.717, 1.165) is 19.4 Å². The third-order valence-corrected chi connectivity index (χ3v) is 4.44. The molecule has 0 aromatic heterocycles. The Kier molecular flexibility index (Phi) is 1.81. The van der Waals surface area contributed by atoms with Gasteiger partial charge >= 0.3 is 6.03 Å². The number of fused-ring (bicyclic) bond motifs is 2. The highest BCUT2D eigenvalue weighted by atomic mass is 16.2. The monoisotopic (exact) mass is 209 g/mol. The molecule has 0 aliphatic carbocycles. The average Bonchev–Trinajstić information content (AvgIpc) is 2.63. The van der Waals surface area contributed by atoms with E-state index in [1.54, 1.807) is 0 Å². The summed E-state index contributed by atoms with van der Waals surface area (Å²) in [6.45, 7) is 0.914. The van der Waals surface area contributed by atoms with E-state index in [-0.39, 0.29) is 11.6 Å². The van der Waals surface area contributed by atoms with Crippen molar-refractivity contribution in [2.24, 2.45) is 0 Å². The van der Waals surface area contributed by atoms with Gasteiger partial charge in [-0.15, -0.1) is 0 Å². The normalized spacial score (nSPS) is 44.5. The zero-order chi connectivity index (χ0) is 10.6. The molecule has 2 bridgehead atoms. The number of nitrogens with one attached hydrogen (secondary N) is 1. The molecule has 15 heavy (non-hydrogen) atoms. The van der Waals surface area contributed by atoms with E-state index < -0.39 is 0 Å². The number of carbonyl (C=O) groups is 1. The highest BCUT2D eigenvalue weighted by molar-refractivity contribution is 5.77. The van der Waals surface area contributed by atoms with Crippen LogP contribution < -0.4 is 5.32 Å². The van der Waals surface area contributed by atoms with Gasteiger partial charge in [-0.05, 0) is 25.7 Å². The summed E-state index contributed by atoms with van der Waals surface area (Å²) >= 11 is 0. The van der Waals surface area contributed by atoms with Crippen molar-refractivity contribution in [3.63, 3.8) is 0 Å². The molecule has 0 radical (unpaired) electrons. The van der Waals surface area contributed by atoms with Crippen molar-refractivity contribution >= 4 is 6.03 Å². The summed E-state index contributed by atoms with van der Waals surface area (Å²) in [5.74, 6) is 0. The Labute approximate surface area is 90.6 Å². The SMILES string of the molecule is CN1CC2(CC3CCC(C2)N3)N(C)C1=O. The molecular weight excluding hydrogens is 190 g/mol. The number of hydrogen-bond donors (Lipinski definition) is 1. The maximum absolute atomic E-state index is 11.8. The molecule has 2 amide bonds. The third kappa shape index (κ3) is 1.20. The molecule has 1 spiro atoms. The Bertz CT molecular complexity index is 292. The molecule has 2 unspecified atom stereocenters. The standard InChI is InChI=1S/C11H19N3O/c1-13-7-11(14(2)10(13)15)5-8-3-4-9(6-11)12-8/h8-9,12H,3-7H2,1-2H3. The van der Waals surface area contributed by atoms with E-state index in [4.69, 9.17) is 0 Å². The van der Waals surface area contributed by atoms with E-state index >= 15 is 0 Å². The maximum atomic E-state index is 11.8. The van der Waals surface area contributed by atoms with Crippen molar-refractivity contribution < 1.29 is 4.79 Å². The molecule has 3 rings (SSSR count). The summed E-state index contributed by atoms with van der Waals surface area (Å²) in [6.07, 6.45) is 4.85. The molecule has 3 saturated heterocycles. The van der Waals surface area contributed by atoms with Crippen LogP contribution in [-0.4, -0.2) is 54.1 Å². The molecule has 4 heteroatoms. The number of nitrogens with zero attached hydrogens (tertiary/aromatic N) is 2. The minimum absolute atomic E-state index is 0.128. The highest BCUT2D eigenvalue weighted by Gasteiger charge is 2.52. The van der Waals surface area contributed by atoms with Gasteiger partial charge in [0, 0.05) is 32.7 Å². The van der Waals surface area contributed by atoms with Gasteiger partial charge in [0.25, 0.3) is 0 Å². The van der Waals surface area contributed by atoms with Gasteiger partial charge in [0.1, 0.15) is 0 Å². The Morgan fingerprint density at radius 1 is 1.27 bits per heavy atom. The quantitative estimate of drug-likeness (QED) is 0.635. The zero-order valence-corrected chi connectivity index (χ0v) is 9.49. The summed E-state index contributed by atoms with van der Waals surface area (Å²) in [6, 6.07) is 1.48. The van der Waals surface area contributed by atoms with Crippen LogP contribution in [0, 0.1) is 0 Å². The van der Waals surface area contributed by atoms with Crippen LogP contribution in [0.2, 0.25) is 0 Å². The van der Waals surface area contributed by atoms with Crippen molar-refractivity contribution in [2.75, 3.05) is 20.6 Å².